The highest BCUT2D eigenvalue weighted by molar-refractivity contribution is 9.10. The Hall–Kier alpha value is -1.07. The van der Waals surface area contributed by atoms with Gasteiger partial charge in [-0.25, -0.2) is 4.79 Å². The van der Waals surface area contributed by atoms with Gasteiger partial charge in [-0.3, -0.25) is 0 Å². The molecule has 0 aliphatic rings. The summed E-state index contributed by atoms with van der Waals surface area (Å²) in [5.41, 5.74) is 1.18. The Morgan fingerprint density at radius 2 is 2.11 bits per heavy atom. The van der Waals surface area contributed by atoms with Crippen molar-refractivity contribution in [3.63, 3.8) is 0 Å². The van der Waals surface area contributed by atoms with Crippen molar-refractivity contribution in [2.75, 3.05) is 31.2 Å². The molecule has 0 radical (unpaired) electrons. The van der Waals surface area contributed by atoms with Crippen LogP contribution in [-0.4, -0.2) is 37.4 Å². The van der Waals surface area contributed by atoms with E-state index in [-0.39, 0.29) is 5.56 Å². The summed E-state index contributed by atoms with van der Waals surface area (Å²) in [7, 11) is 0. The molecule has 0 saturated carbocycles. The first-order chi connectivity index (χ1) is 8.58. The zero-order valence-corrected chi connectivity index (χ0v) is 12.2. The molecule has 0 spiro atoms. The van der Waals surface area contributed by atoms with E-state index in [9.17, 15) is 4.79 Å². The summed E-state index contributed by atoms with van der Waals surface area (Å²) in [5, 5.41) is 9.04. The second-order valence-electron chi connectivity index (χ2n) is 3.78. The van der Waals surface area contributed by atoms with E-state index >= 15 is 0 Å². The lowest BCUT2D eigenvalue weighted by atomic mass is 10.2. The molecular weight excluding hydrogens is 298 g/mol. The van der Waals surface area contributed by atoms with Gasteiger partial charge in [-0.15, -0.1) is 0 Å². The van der Waals surface area contributed by atoms with Gasteiger partial charge in [0.2, 0.25) is 0 Å². The summed E-state index contributed by atoms with van der Waals surface area (Å²) in [4.78, 5) is 13.1. The number of anilines is 1. The van der Waals surface area contributed by atoms with Crippen molar-refractivity contribution < 1.29 is 14.6 Å². The lowest BCUT2D eigenvalue weighted by Gasteiger charge is -2.23. The van der Waals surface area contributed by atoms with Crippen molar-refractivity contribution in [3.05, 3.63) is 28.2 Å². The molecule has 0 unspecified atom stereocenters. The molecule has 0 amide bonds. The van der Waals surface area contributed by atoms with E-state index in [1.54, 1.807) is 12.1 Å². The lowest BCUT2D eigenvalue weighted by Crippen LogP contribution is -2.27. The van der Waals surface area contributed by atoms with E-state index in [1.807, 2.05) is 19.9 Å². The number of halogens is 1. The summed E-state index contributed by atoms with van der Waals surface area (Å²) in [6.45, 7) is 6.88. The zero-order chi connectivity index (χ0) is 13.5. The van der Waals surface area contributed by atoms with Gasteiger partial charge in [0.25, 0.3) is 0 Å². The molecule has 0 aromatic heterocycles. The molecule has 4 nitrogen and oxygen atoms in total. The van der Waals surface area contributed by atoms with Gasteiger partial charge in [0, 0.05) is 29.9 Å². The lowest BCUT2D eigenvalue weighted by molar-refractivity contribution is 0.0697. The molecule has 1 N–H and O–H groups in total. The van der Waals surface area contributed by atoms with E-state index < -0.39 is 5.97 Å². The predicted octanol–water partition coefficient (Wildman–Crippen LogP) is 3.01. The summed E-state index contributed by atoms with van der Waals surface area (Å²) in [6.07, 6.45) is 0. The maximum atomic E-state index is 11.0. The van der Waals surface area contributed by atoms with Crippen LogP contribution in [0.5, 0.6) is 0 Å². The zero-order valence-electron chi connectivity index (χ0n) is 10.6. The van der Waals surface area contributed by atoms with Gasteiger partial charge in [0.1, 0.15) is 0 Å². The number of carbonyl (C=O) groups is 1. The number of likely N-dealkylation sites (N-methyl/N-ethyl adjacent to an activating group) is 1. The molecular formula is C13H18BrNO3. The number of aromatic carboxylic acids is 1. The summed E-state index contributed by atoms with van der Waals surface area (Å²) < 4.78 is 6.10. The fourth-order valence-electron chi connectivity index (χ4n) is 1.67. The fraction of sp³-hybridized carbons (Fsp3) is 0.462. The smallest absolute Gasteiger partial charge is 0.335 e. The molecule has 100 valence electrons. The quantitative estimate of drug-likeness (QED) is 0.786. The van der Waals surface area contributed by atoms with E-state index in [2.05, 4.69) is 20.8 Å². The third kappa shape index (κ3) is 4.31. The number of benzene rings is 1. The maximum absolute atomic E-state index is 11.0. The fourth-order valence-corrected chi connectivity index (χ4v) is 2.15. The minimum Gasteiger partial charge on any atom is -0.478 e. The Labute approximate surface area is 116 Å². The molecule has 0 aliphatic carbocycles. The van der Waals surface area contributed by atoms with Crippen LogP contribution in [0.15, 0.2) is 22.7 Å². The van der Waals surface area contributed by atoms with Gasteiger partial charge < -0.3 is 14.7 Å². The van der Waals surface area contributed by atoms with Gasteiger partial charge in [0.05, 0.1) is 12.2 Å². The first-order valence-corrected chi connectivity index (χ1v) is 6.74. The molecule has 0 aliphatic heterocycles. The van der Waals surface area contributed by atoms with Crippen LogP contribution in [0.4, 0.5) is 5.69 Å². The van der Waals surface area contributed by atoms with Gasteiger partial charge in [-0.05, 0) is 32.0 Å². The number of hydrogen-bond acceptors (Lipinski definition) is 3. The van der Waals surface area contributed by atoms with Crippen molar-refractivity contribution in [2.24, 2.45) is 0 Å². The molecule has 0 saturated heterocycles. The third-order valence-electron chi connectivity index (χ3n) is 2.59. The van der Waals surface area contributed by atoms with Crippen LogP contribution in [0.25, 0.3) is 0 Å². The molecule has 1 aromatic rings. The molecule has 0 fully saturated rings. The van der Waals surface area contributed by atoms with Crippen LogP contribution in [0.1, 0.15) is 24.2 Å². The largest absolute Gasteiger partial charge is 0.478 e. The normalized spacial score (nSPS) is 10.4. The Morgan fingerprint density at radius 3 is 2.67 bits per heavy atom. The first kappa shape index (κ1) is 15.0. The standard InChI is InChI=1S/C13H18BrNO3/c1-3-15(5-6-18-4-2)12-8-10(13(16)17)7-11(14)9-12/h7-9H,3-6H2,1-2H3,(H,16,17). The van der Waals surface area contributed by atoms with Gasteiger partial charge in [-0.2, -0.15) is 0 Å². The van der Waals surface area contributed by atoms with Gasteiger partial charge in [-0.1, -0.05) is 15.9 Å². The second-order valence-corrected chi connectivity index (χ2v) is 4.70. The van der Waals surface area contributed by atoms with Crippen molar-refractivity contribution in [1.29, 1.82) is 0 Å². The molecule has 1 rings (SSSR count). The van der Waals surface area contributed by atoms with Crippen LogP contribution < -0.4 is 4.90 Å². The summed E-state index contributed by atoms with van der Waals surface area (Å²) >= 11 is 3.34. The van der Waals surface area contributed by atoms with Gasteiger partial charge in [0.15, 0.2) is 0 Å². The number of carboxylic acid groups (broad SMARTS) is 1. The number of ether oxygens (including phenoxy) is 1. The van der Waals surface area contributed by atoms with E-state index in [0.29, 0.717) is 13.2 Å². The molecule has 1 aromatic carbocycles. The molecule has 5 heteroatoms. The number of hydrogen-bond donors (Lipinski definition) is 1. The summed E-state index contributed by atoms with van der Waals surface area (Å²) in [6, 6.07) is 5.20. The third-order valence-corrected chi connectivity index (χ3v) is 3.04. The number of rotatable bonds is 7. The average molecular weight is 316 g/mol. The Bertz CT molecular complexity index is 409. The van der Waals surface area contributed by atoms with Crippen LogP contribution in [0.3, 0.4) is 0 Å². The highest BCUT2D eigenvalue weighted by Crippen LogP contribution is 2.23. The molecule has 18 heavy (non-hydrogen) atoms. The molecule has 0 bridgehead atoms. The SMILES string of the molecule is CCOCCN(CC)c1cc(Br)cc(C(=O)O)c1. The highest BCUT2D eigenvalue weighted by Gasteiger charge is 2.10. The number of carboxylic acids is 1. The second kappa shape index (κ2) is 7.38. The van der Waals surface area contributed by atoms with Crippen LogP contribution >= 0.6 is 15.9 Å². The van der Waals surface area contributed by atoms with Gasteiger partial charge >= 0.3 is 5.97 Å². The van der Waals surface area contributed by atoms with E-state index in [1.165, 1.54) is 0 Å². The predicted molar refractivity (Wildman–Crippen MR) is 75.5 cm³/mol. The van der Waals surface area contributed by atoms with E-state index in [4.69, 9.17) is 9.84 Å². The van der Waals surface area contributed by atoms with Crippen molar-refractivity contribution in [3.8, 4) is 0 Å². The Balaban J connectivity index is 2.87. The summed E-state index contributed by atoms with van der Waals surface area (Å²) in [5.74, 6) is -0.918. The van der Waals surface area contributed by atoms with Crippen molar-refractivity contribution in [2.45, 2.75) is 13.8 Å². The van der Waals surface area contributed by atoms with Crippen LogP contribution in [0, 0.1) is 0 Å². The average Bonchev–Trinajstić information content (AvgIpc) is 2.34. The Morgan fingerprint density at radius 1 is 1.39 bits per heavy atom. The first-order valence-electron chi connectivity index (χ1n) is 5.95. The van der Waals surface area contributed by atoms with Crippen LogP contribution in [0.2, 0.25) is 0 Å². The van der Waals surface area contributed by atoms with Crippen molar-refractivity contribution in [1.82, 2.24) is 0 Å². The van der Waals surface area contributed by atoms with Crippen LogP contribution in [-0.2, 0) is 4.74 Å². The minimum absolute atomic E-state index is 0.286. The Kier molecular flexibility index (Phi) is 6.15. The highest BCUT2D eigenvalue weighted by atomic mass is 79.9. The maximum Gasteiger partial charge on any atom is 0.335 e. The topological polar surface area (TPSA) is 49.8 Å². The van der Waals surface area contributed by atoms with E-state index in [0.717, 1.165) is 23.2 Å². The minimum atomic E-state index is -0.918. The van der Waals surface area contributed by atoms with Crippen molar-refractivity contribution >= 4 is 27.6 Å². The monoisotopic (exact) mass is 315 g/mol. The number of nitrogens with zero attached hydrogens (tertiary/aromatic N) is 1. The molecule has 0 atom stereocenters. The molecule has 0 heterocycles.